The number of nitrogens with zero attached hydrogens (tertiary/aromatic N) is 1. The van der Waals surface area contributed by atoms with Gasteiger partial charge in [0.25, 0.3) is 0 Å². The third kappa shape index (κ3) is 4.99. The van der Waals surface area contributed by atoms with Crippen LogP contribution in [0, 0.1) is 0 Å². The van der Waals surface area contributed by atoms with Crippen LogP contribution in [0.15, 0.2) is 24.3 Å². The van der Waals surface area contributed by atoms with Crippen LogP contribution in [0.5, 0.6) is 5.75 Å². The van der Waals surface area contributed by atoms with Gasteiger partial charge < -0.3 is 15.0 Å². The molecule has 0 bridgehead atoms. The number of rotatable bonds is 6. The number of benzene rings is 1. The second-order valence-corrected chi connectivity index (χ2v) is 4.24. The summed E-state index contributed by atoms with van der Waals surface area (Å²) in [5.74, 6) is 0.630. The van der Waals surface area contributed by atoms with Gasteiger partial charge in [-0.05, 0) is 6.07 Å². The molecule has 0 atom stereocenters. The predicted molar refractivity (Wildman–Crippen MR) is 72.8 cm³/mol. The van der Waals surface area contributed by atoms with E-state index in [4.69, 9.17) is 4.74 Å². The Morgan fingerprint density at radius 3 is 2.53 bits per heavy atom. The average molecular weight is 264 g/mol. The molecule has 19 heavy (non-hydrogen) atoms. The fraction of sp³-hybridized carbons (Fsp3) is 0.429. The Balaban J connectivity index is 2.67. The van der Waals surface area contributed by atoms with Crippen LogP contribution in [0.25, 0.3) is 0 Å². The molecule has 0 saturated carbocycles. The molecular weight excluding hydrogens is 244 g/mol. The number of nitrogens with one attached hydrogen (secondary N) is 1. The Kier molecular flexibility index (Phi) is 5.85. The molecule has 5 nitrogen and oxygen atoms in total. The molecule has 0 heterocycles. The third-order valence-electron chi connectivity index (χ3n) is 2.75. The zero-order valence-corrected chi connectivity index (χ0v) is 11.6. The quantitative estimate of drug-likeness (QED) is 0.839. The van der Waals surface area contributed by atoms with Gasteiger partial charge >= 0.3 is 0 Å². The number of ether oxygens (including phenoxy) is 1. The molecule has 0 spiro atoms. The molecule has 0 aliphatic rings. The van der Waals surface area contributed by atoms with Crippen LogP contribution in [0.2, 0.25) is 0 Å². The van der Waals surface area contributed by atoms with Gasteiger partial charge in [-0.2, -0.15) is 0 Å². The van der Waals surface area contributed by atoms with Crippen molar-refractivity contribution in [2.45, 2.75) is 20.4 Å². The molecule has 0 aromatic heterocycles. The lowest BCUT2D eigenvalue weighted by Gasteiger charge is -2.22. The van der Waals surface area contributed by atoms with E-state index >= 15 is 0 Å². The highest BCUT2D eigenvalue weighted by atomic mass is 16.5. The monoisotopic (exact) mass is 264 g/mol. The zero-order chi connectivity index (χ0) is 14.3. The Labute approximate surface area is 113 Å². The predicted octanol–water partition coefficient (Wildman–Crippen LogP) is 1.18. The second kappa shape index (κ2) is 7.41. The lowest BCUT2D eigenvalue weighted by molar-refractivity contribution is -0.130. The van der Waals surface area contributed by atoms with E-state index in [0.717, 1.165) is 11.3 Å². The first kappa shape index (κ1) is 15.0. The van der Waals surface area contributed by atoms with Crippen molar-refractivity contribution in [2.24, 2.45) is 0 Å². The van der Waals surface area contributed by atoms with Crippen molar-refractivity contribution in [2.75, 3.05) is 20.2 Å². The van der Waals surface area contributed by atoms with Crippen molar-refractivity contribution in [3.63, 3.8) is 0 Å². The summed E-state index contributed by atoms with van der Waals surface area (Å²) in [6.07, 6.45) is 0. The summed E-state index contributed by atoms with van der Waals surface area (Å²) in [7, 11) is 1.61. The van der Waals surface area contributed by atoms with Crippen molar-refractivity contribution in [3.05, 3.63) is 29.8 Å². The molecule has 0 unspecified atom stereocenters. The Morgan fingerprint density at radius 1 is 1.26 bits per heavy atom. The summed E-state index contributed by atoms with van der Waals surface area (Å²) in [4.78, 5) is 24.1. The fourth-order valence-electron chi connectivity index (χ4n) is 1.75. The summed E-state index contributed by atoms with van der Waals surface area (Å²) < 4.78 is 5.26. The molecule has 104 valence electrons. The van der Waals surface area contributed by atoms with Crippen LogP contribution in [-0.2, 0) is 16.1 Å². The van der Waals surface area contributed by atoms with E-state index in [1.54, 1.807) is 12.0 Å². The van der Waals surface area contributed by atoms with E-state index in [2.05, 4.69) is 5.32 Å². The fourth-order valence-corrected chi connectivity index (χ4v) is 1.75. The topological polar surface area (TPSA) is 58.6 Å². The van der Waals surface area contributed by atoms with Crippen LogP contribution in [0.1, 0.15) is 19.4 Å². The second-order valence-electron chi connectivity index (χ2n) is 4.24. The number of para-hydroxylation sites is 1. The summed E-state index contributed by atoms with van der Waals surface area (Å²) >= 11 is 0. The summed E-state index contributed by atoms with van der Waals surface area (Å²) in [5, 5.41) is 2.68. The van der Waals surface area contributed by atoms with Gasteiger partial charge in [0.2, 0.25) is 11.8 Å². The smallest absolute Gasteiger partial charge is 0.219 e. The first-order chi connectivity index (χ1) is 9.04. The Bertz CT molecular complexity index is 446. The maximum absolute atomic E-state index is 11.6. The molecule has 1 aromatic rings. The van der Waals surface area contributed by atoms with E-state index in [1.807, 2.05) is 24.3 Å². The van der Waals surface area contributed by atoms with Crippen molar-refractivity contribution in [3.8, 4) is 5.75 Å². The molecule has 0 aliphatic carbocycles. The lowest BCUT2D eigenvalue weighted by atomic mass is 10.2. The summed E-state index contributed by atoms with van der Waals surface area (Å²) in [6, 6.07) is 7.58. The zero-order valence-electron chi connectivity index (χ0n) is 11.6. The highest BCUT2D eigenvalue weighted by Gasteiger charge is 2.12. The molecule has 5 heteroatoms. The maximum Gasteiger partial charge on any atom is 0.219 e. The van der Waals surface area contributed by atoms with Gasteiger partial charge in [-0.15, -0.1) is 0 Å². The van der Waals surface area contributed by atoms with Gasteiger partial charge in [0, 0.05) is 39.0 Å². The minimum atomic E-state index is -0.0965. The van der Waals surface area contributed by atoms with Gasteiger partial charge in [-0.1, -0.05) is 18.2 Å². The van der Waals surface area contributed by atoms with Crippen molar-refractivity contribution in [1.82, 2.24) is 10.2 Å². The highest BCUT2D eigenvalue weighted by Crippen LogP contribution is 2.19. The van der Waals surface area contributed by atoms with E-state index in [0.29, 0.717) is 19.6 Å². The number of carbonyl (C=O) groups excluding carboxylic acids is 2. The van der Waals surface area contributed by atoms with Crippen LogP contribution < -0.4 is 10.1 Å². The van der Waals surface area contributed by atoms with Crippen LogP contribution in [0.4, 0.5) is 0 Å². The van der Waals surface area contributed by atoms with Gasteiger partial charge in [0.05, 0.1) is 7.11 Å². The minimum Gasteiger partial charge on any atom is -0.496 e. The first-order valence-electron chi connectivity index (χ1n) is 6.16. The molecule has 0 saturated heterocycles. The Hall–Kier alpha value is -2.04. The molecular formula is C14H20N2O3. The number of carbonyl (C=O) groups is 2. The number of methoxy groups -OCH3 is 1. The molecule has 0 fully saturated rings. The highest BCUT2D eigenvalue weighted by molar-refractivity contribution is 5.74. The van der Waals surface area contributed by atoms with Gasteiger partial charge in [-0.25, -0.2) is 0 Å². The largest absolute Gasteiger partial charge is 0.496 e. The number of hydrogen-bond acceptors (Lipinski definition) is 3. The van der Waals surface area contributed by atoms with E-state index in [9.17, 15) is 9.59 Å². The average Bonchev–Trinajstić information content (AvgIpc) is 2.37. The normalized spacial score (nSPS) is 9.84. The van der Waals surface area contributed by atoms with Gasteiger partial charge in [0.1, 0.15) is 5.75 Å². The first-order valence-corrected chi connectivity index (χ1v) is 6.16. The van der Waals surface area contributed by atoms with Crippen LogP contribution >= 0.6 is 0 Å². The molecule has 2 amide bonds. The van der Waals surface area contributed by atoms with Crippen LogP contribution in [0.3, 0.4) is 0 Å². The lowest BCUT2D eigenvalue weighted by Crippen LogP contribution is -2.36. The molecule has 1 rings (SSSR count). The van der Waals surface area contributed by atoms with Crippen molar-refractivity contribution >= 4 is 11.8 Å². The molecule has 1 N–H and O–H groups in total. The van der Waals surface area contributed by atoms with E-state index in [-0.39, 0.29) is 11.8 Å². The van der Waals surface area contributed by atoms with Crippen molar-refractivity contribution in [1.29, 1.82) is 0 Å². The molecule has 0 aliphatic heterocycles. The summed E-state index contributed by atoms with van der Waals surface area (Å²) in [6.45, 7) is 4.37. The maximum atomic E-state index is 11.6. The standard InChI is InChI=1S/C14H20N2O3/c1-11(17)15-8-9-16(12(2)18)10-13-6-4-5-7-14(13)19-3/h4-7H,8-10H2,1-3H3,(H,15,17). The van der Waals surface area contributed by atoms with Gasteiger partial charge in [-0.3, -0.25) is 9.59 Å². The summed E-state index contributed by atoms with van der Waals surface area (Å²) in [5.41, 5.74) is 0.947. The third-order valence-corrected chi connectivity index (χ3v) is 2.75. The minimum absolute atomic E-state index is 0.0312. The van der Waals surface area contributed by atoms with E-state index in [1.165, 1.54) is 13.8 Å². The van der Waals surface area contributed by atoms with Gasteiger partial charge in [0.15, 0.2) is 0 Å². The molecule has 0 radical (unpaired) electrons. The number of hydrogen-bond donors (Lipinski definition) is 1. The van der Waals surface area contributed by atoms with E-state index < -0.39 is 0 Å². The Morgan fingerprint density at radius 2 is 1.95 bits per heavy atom. The van der Waals surface area contributed by atoms with Crippen molar-refractivity contribution < 1.29 is 14.3 Å². The molecule has 1 aromatic carbocycles. The van der Waals surface area contributed by atoms with Crippen LogP contribution in [-0.4, -0.2) is 36.9 Å². The number of amides is 2. The SMILES string of the molecule is COc1ccccc1CN(CCNC(C)=O)C(C)=O.